The first-order valence-electron chi connectivity index (χ1n) is 5.38. The monoisotopic (exact) mass is 357 g/mol. The second-order valence-electron chi connectivity index (χ2n) is 3.36. The van der Waals surface area contributed by atoms with Crippen LogP contribution in [-0.4, -0.2) is 16.6 Å². The van der Waals surface area contributed by atoms with E-state index in [1.165, 1.54) is 6.33 Å². The average Bonchev–Trinajstić information content (AvgIpc) is 2.37. The lowest BCUT2D eigenvalue weighted by atomic mass is 10.3. The topological polar surface area (TPSA) is 70.3 Å². The fourth-order valence-corrected chi connectivity index (χ4v) is 1.83. The maximum Gasteiger partial charge on any atom is 0.249 e. The zero-order valence-electron chi connectivity index (χ0n) is 9.76. The zero-order chi connectivity index (χ0) is 13.0. The molecule has 0 aliphatic heterocycles. The molecule has 94 valence electrons. The van der Waals surface area contributed by atoms with Gasteiger partial charge in [-0.05, 0) is 41.6 Å². The van der Waals surface area contributed by atoms with Crippen molar-refractivity contribution in [2.45, 2.75) is 6.92 Å². The molecular formula is C12H12IN3O2. The summed E-state index contributed by atoms with van der Waals surface area (Å²) in [6.07, 6.45) is 1.37. The molecule has 0 aliphatic rings. The summed E-state index contributed by atoms with van der Waals surface area (Å²) in [7, 11) is 0. The van der Waals surface area contributed by atoms with E-state index in [2.05, 4.69) is 32.6 Å². The lowest BCUT2D eigenvalue weighted by molar-refractivity contribution is 0.325. The van der Waals surface area contributed by atoms with Crippen LogP contribution < -0.4 is 15.2 Å². The summed E-state index contributed by atoms with van der Waals surface area (Å²) in [6.45, 7) is 2.35. The third-order valence-electron chi connectivity index (χ3n) is 2.14. The number of nitrogen functional groups attached to an aromatic ring is 1. The Hall–Kier alpha value is -1.57. The number of rotatable bonds is 4. The van der Waals surface area contributed by atoms with Gasteiger partial charge in [0.25, 0.3) is 0 Å². The van der Waals surface area contributed by atoms with Gasteiger partial charge in [-0.2, -0.15) is 9.97 Å². The van der Waals surface area contributed by atoms with Gasteiger partial charge in [-0.1, -0.05) is 12.1 Å². The molecule has 18 heavy (non-hydrogen) atoms. The van der Waals surface area contributed by atoms with Gasteiger partial charge in [0.15, 0.2) is 5.69 Å². The molecule has 1 aromatic carbocycles. The van der Waals surface area contributed by atoms with Crippen molar-refractivity contribution in [3.05, 3.63) is 34.2 Å². The molecule has 0 spiro atoms. The van der Waals surface area contributed by atoms with Crippen LogP contribution in [-0.2, 0) is 0 Å². The second kappa shape index (κ2) is 5.85. The van der Waals surface area contributed by atoms with Gasteiger partial charge in [-0.15, -0.1) is 0 Å². The first-order chi connectivity index (χ1) is 8.72. The lowest BCUT2D eigenvalue weighted by Gasteiger charge is -2.10. The fourth-order valence-electron chi connectivity index (χ4n) is 1.33. The van der Waals surface area contributed by atoms with Crippen molar-refractivity contribution in [3.8, 4) is 17.5 Å². The van der Waals surface area contributed by atoms with E-state index in [-0.39, 0.29) is 0 Å². The SMILES string of the molecule is CCOc1ncnc(Oc2ccccc2I)c1N. The normalized spacial score (nSPS) is 10.1. The molecular weight excluding hydrogens is 345 g/mol. The van der Waals surface area contributed by atoms with Gasteiger partial charge in [0.1, 0.15) is 12.1 Å². The van der Waals surface area contributed by atoms with Crippen molar-refractivity contribution in [2.75, 3.05) is 12.3 Å². The van der Waals surface area contributed by atoms with E-state index in [1.807, 2.05) is 31.2 Å². The van der Waals surface area contributed by atoms with Crippen molar-refractivity contribution in [1.82, 2.24) is 9.97 Å². The highest BCUT2D eigenvalue weighted by molar-refractivity contribution is 14.1. The third kappa shape index (κ3) is 2.81. The van der Waals surface area contributed by atoms with Crippen molar-refractivity contribution in [3.63, 3.8) is 0 Å². The Morgan fingerprint density at radius 1 is 1.22 bits per heavy atom. The Labute approximate surface area is 118 Å². The predicted octanol–water partition coefficient (Wildman–Crippen LogP) is 2.85. The first-order valence-corrected chi connectivity index (χ1v) is 6.46. The van der Waals surface area contributed by atoms with Crippen molar-refractivity contribution < 1.29 is 9.47 Å². The number of nitrogens with zero attached hydrogens (tertiary/aromatic N) is 2. The molecule has 5 nitrogen and oxygen atoms in total. The highest BCUT2D eigenvalue weighted by atomic mass is 127. The first kappa shape index (κ1) is 12.9. The predicted molar refractivity (Wildman–Crippen MR) is 76.8 cm³/mol. The van der Waals surface area contributed by atoms with Crippen LogP contribution in [0.1, 0.15) is 6.92 Å². The van der Waals surface area contributed by atoms with Crippen LogP contribution >= 0.6 is 22.6 Å². The number of ether oxygens (including phenoxy) is 2. The molecule has 1 heterocycles. The molecule has 0 radical (unpaired) electrons. The molecule has 2 aromatic rings. The molecule has 2 rings (SSSR count). The molecule has 0 fully saturated rings. The number of halogens is 1. The number of nitrogens with two attached hydrogens (primary N) is 1. The Morgan fingerprint density at radius 2 is 1.94 bits per heavy atom. The second-order valence-corrected chi connectivity index (χ2v) is 4.53. The third-order valence-corrected chi connectivity index (χ3v) is 3.03. The maximum absolute atomic E-state index is 5.89. The number of anilines is 1. The van der Waals surface area contributed by atoms with E-state index >= 15 is 0 Å². The Bertz CT molecular complexity index is 549. The summed E-state index contributed by atoms with van der Waals surface area (Å²) in [5, 5.41) is 0. The standard InChI is InChI=1S/C12H12IN3O2/c1-2-17-11-10(14)12(16-7-15-11)18-9-6-4-3-5-8(9)13/h3-7H,2,14H2,1H3. The molecule has 1 aromatic heterocycles. The van der Waals surface area contributed by atoms with E-state index in [0.717, 1.165) is 3.57 Å². The number of para-hydroxylation sites is 1. The van der Waals surface area contributed by atoms with Crippen LogP contribution in [0.3, 0.4) is 0 Å². The summed E-state index contributed by atoms with van der Waals surface area (Å²) in [6, 6.07) is 7.61. The number of aromatic nitrogens is 2. The molecule has 0 amide bonds. The van der Waals surface area contributed by atoms with Gasteiger partial charge in [0.05, 0.1) is 10.2 Å². The molecule has 0 bridgehead atoms. The van der Waals surface area contributed by atoms with Crippen LogP contribution in [0.2, 0.25) is 0 Å². The minimum atomic E-state index is 0.303. The van der Waals surface area contributed by atoms with Crippen molar-refractivity contribution >= 4 is 28.3 Å². The van der Waals surface area contributed by atoms with Crippen LogP contribution in [0.15, 0.2) is 30.6 Å². The number of benzene rings is 1. The summed E-state index contributed by atoms with van der Waals surface area (Å²) in [5.74, 6) is 1.34. The highest BCUT2D eigenvalue weighted by Crippen LogP contribution is 2.32. The van der Waals surface area contributed by atoms with Gasteiger partial charge in [0, 0.05) is 0 Å². The zero-order valence-corrected chi connectivity index (χ0v) is 11.9. The quantitative estimate of drug-likeness (QED) is 0.853. The molecule has 6 heteroatoms. The van der Waals surface area contributed by atoms with E-state index in [9.17, 15) is 0 Å². The van der Waals surface area contributed by atoms with Gasteiger partial charge in [-0.3, -0.25) is 0 Å². The highest BCUT2D eigenvalue weighted by Gasteiger charge is 2.12. The van der Waals surface area contributed by atoms with E-state index in [1.54, 1.807) is 0 Å². The van der Waals surface area contributed by atoms with Gasteiger partial charge < -0.3 is 15.2 Å². The van der Waals surface area contributed by atoms with Crippen LogP contribution in [0.25, 0.3) is 0 Å². The summed E-state index contributed by atoms with van der Waals surface area (Å²) in [5.41, 5.74) is 6.19. The van der Waals surface area contributed by atoms with Gasteiger partial charge in [-0.25, -0.2) is 0 Å². The Kier molecular flexibility index (Phi) is 4.19. The summed E-state index contributed by atoms with van der Waals surface area (Å²) >= 11 is 2.18. The van der Waals surface area contributed by atoms with E-state index in [4.69, 9.17) is 15.2 Å². The van der Waals surface area contributed by atoms with Crippen LogP contribution in [0.4, 0.5) is 5.69 Å². The average molecular weight is 357 g/mol. The van der Waals surface area contributed by atoms with Gasteiger partial charge >= 0.3 is 0 Å². The number of hydrogen-bond donors (Lipinski definition) is 1. The van der Waals surface area contributed by atoms with Crippen molar-refractivity contribution in [1.29, 1.82) is 0 Å². The van der Waals surface area contributed by atoms with Crippen LogP contribution in [0.5, 0.6) is 17.5 Å². The minimum absolute atomic E-state index is 0.303. The molecule has 0 saturated carbocycles. The van der Waals surface area contributed by atoms with Crippen LogP contribution in [0, 0.1) is 3.57 Å². The van der Waals surface area contributed by atoms with E-state index in [0.29, 0.717) is 29.8 Å². The maximum atomic E-state index is 5.89. The minimum Gasteiger partial charge on any atom is -0.476 e. The number of hydrogen-bond acceptors (Lipinski definition) is 5. The smallest absolute Gasteiger partial charge is 0.249 e. The van der Waals surface area contributed by atoms with Gasteiger partial charge in [0.2, 0.25) is 11.8 Å². The summed E-state index contributed by atoms with van der Waals surface area (Å²) < 4.78 is 11.9. The lowest BCUT2D eigenvalue weighted by Crippen LogP contribution is -2.03. The van der Waals surface area contributed by atoms with Crippen molar-refractivity contribution in [2.24, 2.45) is 0 Å². The Balaban J connectivity index is 2.30. The molecule has 0 saturated heterocycles. The van der Waals surface area contributed by atoms with E-state index < -0.39 is 0 Å². The summed E-state index contributed by atoms with van der Waals surface area (Å²) in [4.78, 5) is 7.97. The largest absolute Gasteiger partial charge is 0.476 e. The fraction of sp³-hybridized carbons (Fsp3) is 0.167. The Morgan fingerprint density at radius 3 is 2.67 bits per heavy atom. The molecule has 0 unspecified atom stereocenters. The molecule has 0 atom stereocenters. The molecule has 2 N–H and O–H groups in total. The molecule has 0 aliphatic carbocycles.